The van der Waals surface area contributed by atoms with Crippen LogP contribution in [0.2, 0.25) is 0 Å². The fourth-order valence-corrected chi connectivity index (χ4v) is 1.23. The van der Waals surface area contributed by atoms with Crippen molar-refractivity contribution in [2.45, 2.75) is 26.0 Å². The van der Waals surface area contributed by atoms with Crippen LogP contribution in [0.3, 0.4) is 0 Å². The summed E-state index contributed by atoms with van der Waals surface area (Å²) < 4.78 is 33.2. The number of amides is 1. The lowest BCUT2D eigenvalue weighted by Gasteiger charge is -2.18. The van der Waals surface area contributed by atoms with Crippen LogP contribution >= 0.6 is 0 Å². The molecule has 2 atom stereocenters. The quantitative estimate of drug-likeness (QED) is 0.501. The monoisotopic (exact) mass is 223 g/mol. The molecule has 14 heavy (non-hydrogen) atoms. The molecule has 0 aliphatic carbocycles. The summed E-state index contributed by atoms with van der Waals surface area (Å²) in [6.07, 6.45) is 0.199. The highest BCUT2D eigenvalue weighted by Crippen LogP contribution is 2.01. The van der Waals surface area contributed by atoms with Crippen molar-refractivity contribution in [3.8, 4) is 0 Å². The molecule has 0 aliphatic heterocycles. The molecule has 0 saturated carbocycles. The maximum absolute atomic E-state index is 10.8. The van der Waals surface area contributed by atoms with Crippen molar-refractivity contribution in [1.29, 1.82) is 0 Å². The molecule has 0 aliphatic rings. The van der Waals surface area contributed by atoms with Gasteiger partial charge >= 0.3 is 10.4 Å². The maximum atomic E-state index is 10.8. The van der Waals surface area contributed by atoms with Gasteiger partial charge in [-0.1, -0.05) is 6.58 Å². The van der Waals surface area contributed by atoms with Gasteiger partial charge in [-0.25, -0.2) is 4.18 Å². The Morgan fingerprint density at radius 2 is 2.07 bits per heavy atom. The maximum Gasteiger partial charge on any atom is 0.397 e. The number of hydrogen-bond donors (Lipinski definition) is 2. The SMILES string of the molecule is C=CC(=O)NC(C)C(C)OS(=O)(=O)O. The summed E-state index contributed by atoms with van der Waals surface area (Å²) in [5.74, 6) is -0.441. The summed E-state index contributed by atoms with van der Waals surface area (Å²) >= 11 is 0. The second-order valence-electron chi connectivity index (χ2n) is 2.73. The molecule has 0 rings (SSSR count). The lowest BCUT2D eigenvalue weighted by Crippen LogP contribution is -2.41. The molecule has 0 aromatic rings. The molecule has 2 N–H and O–H groups in total. The summed E-state index contributed by atoms with van der Waals surface area (Å²) in [6, 6.07) is -0.553. The van der Waals surface area contributed by atoms with Gasteiger partial charge < -0.3 is 5.32 Å². The smallest absolute Gasteiger partial charge is 0.347 e. The molecule has 0 fully saturated rings. The van der Waals surface area contributed by atoms with Crippen LogP contribution < -0.4 is 5.32 Å². The van der Waals surface area contributed by atoms with E-state index in [1.54, 1.807) is 0 Å². The average Bonchev–Trinajstić information content (AvgIpc) is 2.00. The third kappa shape index (κ3) is 5.68. The Morgan fingerprint density at radius 1 is 1.57 bits per heavy atom. The van der Waals surface area contributed by atoms with Crippen molar-refractivity contribution in [2.24, 2.45) is 0 Å². The predicted octanol–water partition coefficient (Wildman–Crippen LogP) is -0.115. The van der Waals surface area contributed by atoms with Gasteiger partial charge in [0.15, 0.2) is 0 Å². The molecule has 0 aromatic heterocycles. The van der Waals surface area contributed by atoms with Gasteiger partial charge in [-0.05, 0) is 19.9 Å². The number of hydrogen-bond acceptors (Lipinski definition) is 4. The second kappa shape index (κ2) is 5.08. The molecule has 0 radical (unpaired) electrons. The topological polar surface area (TPSA) is 92.7 Å². The lowest BCUT2D eigenvalue weighted by atomic mass is 10.2. The molecule has 6 nitrogen and oxygen atoms in total. The molecule has 82 valence electrons. The van der Waals surface area contributed by atoms with E-state index in [0.29, 0.717) is 0 Å². The summed E-state index contributed by atoms with van der Waals surface area (Å²) in [4.78, 5) is 10.8. The first kappa shape index (κ1) is 13.1. The van der Waals surface area contributed by atoms with Gasteiger partial charge in [0.1, 0.15) is 0 Å². The van der Waals surface area contributed by atoms with Crippen LogP contribution in [-0.2, 0) is 19.4 Å². The zero-order valence-corrected chi connectivity index (χ0v) is 8.74. The number of rotatable bonds is 5. The van der Waals surface area contributed by atoms with Crippen LogP contribution in [0.5, 0.6) is 0 Å². The molecule has 7 heteroatoms. The number of nitrogens with one attached hydrogen (secondary N) is 1. The number of carbonyl (C=O) groups excluding carboxylic acids is 1. The van der Waals surface area contributed by atoms with Gasteiger partial charge in [0.05, 0.1) is 12.1 Å². The standard InChI is InChI=1S/C7H13NO5S/c1-4-7(9)8-5(2)6(3)13-14(10,11)12/h4-6H,1H2,2-3H3,(H,8,9)(H,10,11,12). The van der Waals surface area contributed by atoms with E-state index in [1.807, 2.05) is 0 Å². The first-order chi connectivity index (χ1) is 6.26. The van der Waals surface area contributed by atoms with E-state index in [0.717, 1.165) is 6.08 Å². The first-order valence-electron chi connectivity index (χ1n) is 3.85. The molecular formula is C7H13NO5S. The first-order valence-corrected chi connectivity index (χ1v) is 5.21. The van der Waals surface area contributed by atoms with E-state index >= 15 is 0 Å². The zero-order valence-electron chi connectivity index (χ0n) is 7.93. The van der Waals surface area contributed by atoms with Gasteiger partial charge in [-0.2, -0.15) is 8.42 Å². The summed E-state index contributed by atoms with van der Waals surface area (Å²) in [6.45, 7) is 6.17. The minimum atomic E-state index is -4.49. The minimum absolute atomic E-state index is 0.441. The minimum Gasteiger partial charge on any atom is -0.347 e. The van der Waals surface area contributed by atoms with Crippen molar-refractivity contribution in [3.63, 3.8) is 0 Å². The summed E-state index contributed by atoms with van der Waals surface area (Å²) in [7, 11) is -4.49. The average molecular weight is 223 g/mol. The normalized spacial score (nSPS) is 15.6. The van der Waals surface area contributed by atoms with E-state index in [4.69, 9.17) is 4.55 Å². The Hall–Kier alpha value is -0.920. The Morgan fingerprint density at radius 3 is 2.43 bits per heavy atom. The highest BCUT2D eigenvalue weighted by Gasteiger charge is 2.19. The fraction of sp³-hybridized carbons (Fsp3) is 0.571. The molecule has 2 unspecified atom stereocenters. The molecule has 0 saturated heterocycles. The van der Waals surface area contributed by atoms with Crippen molar-refractivity contribution in [1.82, 2.24) is 5.32 Å². The third-order valence-corrected chi connectivity index (χ3v) is 2.08. The van der Waals surface area contributed by atoms with Gasteiger partial charge in [-0.3, -0.25) is 9.35 Å². The Bertz CT molecular complexity index is 310. The van der Waals surface area contributed by atoms with Crippen LogP contribution in [0.25, 0.3) is 0 Å². The Balaban J connectivity index is 4.19. The fourth-order valence-electron chi connectivity index (χ4n) is 0.676. The third-order valence-electron chi connectivity index (χ3n) is 1.53. The highest BCUT2D eigenvalue weighted by atomic mass is 32.3. The van der Waals surface area contributed by atoms with Crippen LogP contribution in [0.1, 0.15) is 13.8 Å². The van der Waals surface area contributed by atoms with E-state index in [2.05, 4.69) is 16.1 Å². The molecular weight excluding hydrogens is 210 g/mol. The van der Waals surface area contributed by atoms with Gasteiger partial charge in [-0.15, -0.1) is 0 Å². The van der Waals surface area contributed by atoms with Crippen LogP contribution in [-0.4, -0.2) is 31.0 Å². The summed E-state index contributed by atoms with van der Waals surface area (Å²) in [5.41, 5.74) is 0. The molecule has 0 bridgehead atoms. The molecule has 0 heterocycles. The van der Waals surface area contributed by atoms with Crippen LogP contribution in [0, 0.1) is 0 Å². The van der Waals surface area contributed by atoms with Gasteiger partial charge in [0.25, 0.3) is 0 Å². The van der Waals surface area contributed by atoms with Gasteiger partial charge in [0, 0.05) is 0 Å². The largest absolute Gasteiger partial charge is 0.397 e. The van der Waals surface area contributed by atoms with E-state index in [-0.39, 0.29) is 0 Å². The Kier molecular flexibility index (Phi) is 4.75. The molecule has 0 aromatic carbocycles. The Labute approximate surface area is 82.9 Å². The van der Waals surface area contributed by atoms with Crippen LogP contribution in [0.4, 0.5) is 0 Å². The predicted molar refractivity (Wildman–Crippen MR) is 49.9 cm³/mol. The number of carbonyl (C=O) groups is 1. The second-order valence-corrected chi connectivity index (χ2v) is 3.78. The molecule has 1 amide bonds. The van der Waals surface area contributed by atoms with Gasteiger partial charge in [0.2, 0.25) is 5.91 Å². The van der Waals surface area contributed by atoms with Crippen LogP contribution in [0.15, 0.2) is 12.7 Å². The van der Waals surface area contributed by atoms with Crippen molar-refractivity contribution >= 4 is 16.3 Å². The lowest BCUT2D eigenvalue weighted by molar-refractivity contribution is -0.117. The van der Waals surface area contributed by atoms with E-state index < -0.39 is 28.5 Å². The van der Waals surface area contributed by atoms with E-state index in [9.17, 15) is 13.2 Å². The van der Waals surface area contributed by atoms with E-state index in [1.165, 1.54) is 13.8 Å². The van der Waals surface area contributed by atoms with Crippen molar-refractivity contribution < 1.29 is 21.9 Å². The summed E-state index contributed by atoms with van der Waals surface area (Å²) in [5, 5.41) is 2.39. The van der Waals surface area contributed by atoms with Crippen molar-refractivity contribution in [2.75, 3.05) is 0 Å². The van der Waals surface area contributed by atoms with Crippen molar-refractivity contribution in [3.05, 3.63) is 12.7 Å². The highest BCUT2D eigenvalue weighted by molar-refractivity contribution is 7.80. The zero-order chi connectivity index (χ0) is 11.4. The molecule has 0 spiro atoms.